The Bertz CT molecular complexity index is 1620. The predicted octanol–water partition coefficient (Wildman–Crippen LogP) is 6.00. The molecule has 3 aliphatic rings. The Morgan fingerprint density at radius 3 is 2.22 bits per heavy atom. The SMILES string of the molecule is CN(C)c1ccc(/C=C2\CCC[C@H]3C2=NN(C(=O)c2ccc(N4CCOCC4)c([N+](=O)[O-])c2)[C@H]3c2ccc(N(C)C)cc2)cc1. The Morgan fingerprint density at radius 1 is 0.956 bits per heavy atom. The van der Waals surface area contributed by atoms with Gasteiger partial charge in [0.05, 0.1) is 29.9 Å². The van der Waals surface area contributed by atoms with E-state index in [2.05, 4.69) is 59.5 Å². The van der Waals surface area contributed by atoms with Gasteiger partial charge in [-0.2, -0.15) is 5.10 Å². The van der Waals surface area contributed by atoms with Gasteiger partial charge in [-0.25, -0.2) is 5.01 Å². The van der Waals surface area contributed by atoms with Gasteiger partial charge in [0.25, 0.3) is 11.6 Å². The number of nitrogens with zero attached hydrogens (tertiary/aromatic N) is 6. The zero-order valence-electron chi connectivity index (χ0n) is 26.3. The minimum absolute atomic E-state index is 0.0165. The third-order valence-electron chi connectivity index (χ3n) is 8.98. The first-order valence-corrected chi connectivity index (χ1v) is 15.5. The molecule has 45 heavy (non-hydrogen) atoms. The van der Waals surface area contributed by atoms with Crippen LogP contribution in [0.5, 0.6) is 0 Å². The van der Waals surface area contributed by atoms with Crippen molar-refractivity contribution in [2.75, 3.05) is 69.2 Å². The summed E-state index contributed by atoms with van der Waals surface area (Å²) < 4.78 is 5.44. The Labute approximate surface area is 264 Å². The van der Waals surface area contributed by atoms with Crippen LogP contribution in [-0.4, -0.2) is 76.0 Å². The van der Waals surface area contributed by atoms with E-state index in [0.717, 1.165) is 53.0 Å². The second-order valence-corrected chi connectivity index (χ2v) is 12.3. The molecule has 3 aromatic carbocycles. The van der Waals surface area contributed by atoms with Crippen LogP contribution in [0, 0.1) is 16.0 Å². The van der Waals surface area contributed by atoms with Crippen molar-refractivity contribution in [1.29, 1.82) is 0 Å². The number of carbonyl (C=O) groups excluding carboxylic acids is 1. The smallest absolute Gasteiger partial charge is 0.293 e. The molecule has 0 N–H and O–H groups in total. The van der Waals surface area contributed by atoms with E-state index < -0.39 is 4.92 Å². The molecule has 2 heterocycles. The highest BCUT2D eigenvalue weighted by Gasteiger charge is 2.44. The summed E-state index contributed by atoms with van der Waals surface area (Å²) in [5, 5.41) is 18.8. The fourth-order valence-corrected chi connectivity index (χ4v) is 6.55. The van der Waals surface area contributed by atoms with Crippen LogP contribution in [0.3, 0.4) is 0 Å². The Kier molecular flexibility index (Phi) is 8.58. The summed E-state index contributed by atoms with van der Waals surface area (Å²) in [6.07, 6.45) is 4.94. The van der Waals surface area contributed by atoms with E-state index in [1.807, 2.05) is 38.0 Å². The number of amides is 1. The molecule has 0 radical (unpaired) electrons. The highest BCUT2D eigenvalue weighted by Crippen LogP contribution is 2.45. The molecule has 1 amide bonds. The fourth-order valence-electron chi connectivity index (χ4n) is 6.55. The lowest BCUT2D eigenvalue weighted by atomic mass is 9.77. The molecule has 0 bridgehead atoms. The van der Waals surface area contributed by atoms with Gasteiger partial charge in [-0.05, 0) is 78.4 Å². The van der Waals surface area contributed by atoms with Crippen molar-refractivity contribution in [2.45, 2.75) is 25.3 Å². The number of morpholine rings is 1. The molecule has 234 valence electrons. The number of allylic oxidation sites excluding steroid dienone is 1. The first-order valence-electron chi connectivity index (χ1n) is 15.5. The lowest BCUT2D eigenvalue weighted by Gasteiger charge is -2.30. The third-order valence-corrected chi connectivity index (χ3v) is 8.98. The van der Waals surface area contributed by atoms with Crippen molar-refractivity contribution < 1.29 is 14.5 Å². The summed E-state index contributed by atoms with van der Waals surface area (Å²) in [7, 11) is 8.04. The molecule has 1 aliphatic carbocycles. The average molecular weight is 609 g/mol. The van der Waals surface area contributed by atoms with E-state index >= 15 is 0 Å². The normalized spacial score (nSPS) is 20.5. The minimum atomic E-state index is -0.406. The lowest BCUT2D eigenvalue weighted by molar-refractivity contribution is -0.384. The zero-order valence-corrected chi connectivity index (χ0v) is 26.3. The molecule has 2 aliphatic heterocycles. The van der Waals surface area contributed by atoms with Crippen LogP contribution in [0.25, 0.3) is 6.08 Å². The van der Waals surface area contributed by atoms with Crippen molar-refractivity contribution >= 4 is 40.4 Å². The van der Waals surface area contributed by atoms with Gasteiger partial charge in [0.2, 0.25) is 0 Å². The van der Waals surface area contributed by atoms with E-state index in [-0.39, 0.29) is 29.1 Å². The second-order valence-electron chi connectivity index (χ2n) is 12.3. The van der Waals surface area contributed by atoms with E-state index in [0.29, 0.717) is 32.0 Å². The topological polar surface area (TPSA) is 94.8 Å². The van der Waals surface area contributed by atoms with Crippen molar-refractivity contribution in [1.82, 2.24) is 5.01 Å². The lowest BCUT2D eigenvalue weighted by Crippen LogP contribution is -2.36. The van der Waals surface area contributed by atoms with Crippen LogP contribution in [0.4, 0.5) is 22.7 Å². The number of ether oxygens (including phenoxy) is 1. The fraction of sp³-hybridized carbons (Fsp3) is 0.371. The molecule has 10 nitrogen and oxygen atoms in total. The number of carbonyl (C=O) groups is 1. The predicted molar refractivity (Wildman–Crippen MR) is 179 cm³/mol. The standard InChI is InChI=1S/C35H40N6O4/c1-37(2)28-13-8-24(9-14-28)22-26-6-5-7-30-33(26)36-40(34(30)25-10-15-29(16-11-25)38(3)4)35(42)27-12-17-31(32(23-27)41(43)44)39-18-20-45-21-19-39/h8-17,22-23,30,34H,5-7,18-21H2,1-4H3/b26-22+/t30-,34-/m0/s1. The number of fused-ring (bicyclic) bond motifs is 1. The summed E-state index contributed by atoms with van der Waals surface area (Å²) in [6, 6.07) is 21.1. The molecule has 1 saturated carbocycles. The highest BCUT2D eigenvalue weighted by molar-refractivity contribution is 6.09. The van der Waals surface area contributed by atoms with Crippen molar-refractivity contribution in [3.05, 3.63) is 99.1 Å². The maximum absolute atomic E-state index is 14.3. The monoisotopic (exact) mass is 608 g/mol. The van der Waals surface area contributed by atoms with Gasteiger partial charge in [0.15, 0.2) is 0 Å². The summed E-state index contributed by atoms with van der Waals surface area (Å²) in [5.74, 6) is -0.326. The van der Waals surface area contributed by atoms with Gasteiger partial charge >= 0.3 is 0 Å². The quantitative estimate of drug-likeness (QED) is 0.240. The molecule has 6 rings (SSSR count). The maximum atomic E-state index is 14.3. The van der Waals surface area contributed by atoms with Crippen molar-refractivity contribution in [3.63, 3.8) is 0 Å². The molecule has 0 aromatic heterocycles. The molecular formula is C35H40N6O4. The number of rotatable bonds is 7. The van der Waals surface area contributed by atoms with E-state index in [1.165, 1.54) is 6.07 Å². The largest absolute Gasteiger partial charge is 0.378 e. The van der Waals surface area contributed by atoms with Crippen LogP contribution in [-0.2, 0) is 4.74 Å². The second kappa shape index (κ2) is 12.7. The van der Waals surface area contributed by atoms with Gasteiger partial charge < -0.3 is 19.4 Å². The van der Waals surface area contributed by atoms with Gasteiger partial charge in [-0.3, -0.25) is 14.9 Å². The molecule has 3 aromatic rings. The number of nitro groups is 1. The number of hydrogen-bond donors (Lipinski definition) is 0. The Balaban J connectivity index is 1.39. The van der Waals surface area contributed by atoms with Gasteiger partial charge in [0, 0.05) is 70.2 Å². The van der Waals surface area contributed by atoms with E-state index in [4.69, 9.17) is 9.84 Å². The molecule has 2 fully saturated rings. The van der Waals surface area contributed by atoms with Crippen molar-refractivity contribution in [3.8, 4) is 0 Å². The van der Waals surface area contributed by atoms with E-state index in [9.17, 15) is 14.9 Å². The number of hydrogen-bond acceptors (Lipinski definition) is 8. The van der Waals surface area contributed by atoms with Gasteiger partial charge in [0.1, 0.15) is 5.69 Å². The number of nitro benzene ring substituents is 1. The first-order chi connectivity index (χ1) is 21.7. The van der Waals surface area contributed by atoms with Crippen LogP contribution in [0.2, 0.25) is 0 Å². The number of benzene rings is 3. The summed E-state index contributed by atoms with van der Waals surface area (Å²) >= 11 is 0. The van der Waals surface area contributed by atoms with Gasteiger partial charge in [-0.1, -0.05) is 24.3 Å². The Hall–Kier alpha value is -4.70. The van der Waals surface area contributed by atoms with Crippen LogP contribution in [0.15, 0.2) is 77.4 Å². The maximum Gasteiger partial charge on any atom is 0.293 e. The highest BCUT2D eigenvalue weighted by atomic mass is 16.6. The Morgan fingerprint density at radius 2 is 1.60 bits per heavy atom. The number of hydrazone groups is 1. The van der Waals surface area contributed by atoms with E-state index in [1.54, 1.807) is 17.1 Å². The molecular weight excluding hydrogens is 568 g/mol. The van der Waals surface area contributed by atoms with Crippen LogP contribution in [0.1, 0.15) is 46.8 Å². The molecule has 1 saturated heterocycles. The molecule has 0 unspecified atom stereocenters. The summed E-state index contributed by atoms with van der Waals surface area (Å²) in [4.78, 5) is 32.2. The van der Waals surface area contributed by atoms with Crippen molar-refractivity contribution in [2.24, 2.45) is 11.0 Å². The minimum Gasteiger partial charge on any atom is -0.378 e. The molecule has 2 atom stereocenters. The molecule has 10 heteroatoms. The third kappa shape index (κ3) is 6.15. The first kappa shape index (κ1) is 30.3. The number of anilines is 3. The van der Waals surface area contributed by atoms with Gasteiger partial charge in [-0.15, -0.1) is 0 Å². The average Bonchev–Trinajstić information content (AvgIpc) is 3.45. The van der Waals surface area contributed by atoms with Crippen LogP contribution < -0.4 is 14.7 Å². The summed E-state index contributed by atoms with van der Waals surface area (Å²) in [6.45, 7) is 2.14. The summed E-state index contributed by atoms with van der Waals surface area (Å²) in [5.41, 5.74) is 7.00. The van der Waals surface area contributed by atoms with Crippen LogP contribution >= 0.6 is 0 Å². The zero-order chi connectivity index (χ0) is 31.7. The molecule has 0 spiro atoms.